The predicted octanol–water partition coefficient (Wildman–Crippen LogP) is 4.24. The molecule has 0 bridgehead atoms. The van der Waals surface area contributed by atoms with E-state index in [1.165, 1.54) is 31.2 Å². The molecule has 3 aromatic rings. The van der Waals surface area contributed by atoms with E-state index in [1.807, 2.05) is 24.3 Å². The van der Waals surface area contributed by atoms with Crippen LogP contribution in [0, 0.1) is 0 Å². The molecule has 3 rings (SSSR count). The van der Waals surface area contributed by atoms with Gasteiger partial charge in [-0.05, 0) is 54.1 Å². The molecule has 0 saturated heterocycles. The highest BCUT2D eigenvalue weighted by Crippen LogP contribution is 2.26. The Morgan fingerprint density at radius 1 is 0.781 bits per heavy atom. The zero-order chi connectivity index (χ0) is 22.9. The molecule has 0 fully saturated rings. The highest BCUT2D eigenvalue weighted by Gasteiger charge is 2.13. The molecule has 7 heteroatoms. The van der Waals surface area contributed by atoms with Crippen molar-refractivity contribution in [1.29, 1.82) is 0 Å². The zero-order valence-corrected chi connectivity index (χ0v) is 17.7. The Hall–Kier alpha value is -4.13. The number of esters is 2. The number of ketones is 1. The van der Waals surface area contributed by atoms with Crippen molar-refractivity contribution in [2.45, 2.75) is 13.5 Å². The molecule has 164 valence electrons. The van der Waals surface area contributed by atoms with Crippen molar-refractivity contribution in [3.8, 4) is 17.2 Å². The van der Waals surface area contributed by atoms with Crippen molar-refractivity contribution in [2.75, 3.05) is 13.7 Å². The second-order valence-electron chi connectivity index (χ2n) is 6.75. The number of para-hydroxylation sites is 2. The number of benzene rings is 3. The minimum atomic E-state index is -0.605. The third-order valence-corrected chi connectivity index (χ3v) is 4.43. The van der Waals surface area contributed by atoms with Gasteiger partial charge in [-0.2, -0.15) is 0 Å². The summed E-state index contributed by atoms with van der Waals surface area (Å²) in [5.74, 6) is 0.175. The fourth-order valence-corrected chi connectivity index (χ4v) is 2.81. The first-order valence-corrected chi connectivity index (χ1v) is 9.80. The van der Waals surface area contributed by atoms with Gasteiger partial charge < -0.3 is 18.9 Å². The summed E-state index contributed by atoms with van der Waals surface area (Å²) < 4.78 is 21.0. The van der Waals surface area contributed by atoms with E-state index in [0.29, 0.717) is 35.0 Å². The summed E-state index contributed by atoms with van der Waals surface area (Å²) in [5, 5.41) is 0. The average Bonchev–Trinajstić information content (AvgIpc) is 2.81. The van der Waals surface area contributed by atoms with Gasteiger partial charge in [0.1, 0.15) is 12.4 Å². The Balaban J connectivity index is 1.51. The van der Waals surface area contributed by atoms with Crippen LogP contribution in [0.3, 0.4) is 0 Å². The van der Waals surface area contributed by atoms with Gasteiger partial charge in [-0.1, -0.05) is 24.3 Å². The Morgan fingerprint density at radius 3 is 2.03 bits per heavy atom. The fraction of sp³-hybridized carbons (Fsp3) is 0.160. The molecule has 7 nitrogen and oxygen atoms in total. The molecule has 0 amide bonds. The average molecular weight is 434 g/mol. The number of carbonyl (C=O) groups excluding carboxylic acids is 3. The second kappa shape index (κ2) is 10.8. The highest BCUT2D eigenvalue weighted by molar-refractivity contribution is 5.99. The molecule has 0 aliphatic carbocycles. The highest BCUT2D eigenvalue weighted by atomic mass is 16.5. The van der Waals surface area contributed by atoms with Crippen LogP contribution in [-0.4, -0.2) is 31.4 Å². The lowest BCUT2D eigenvalue weighted by molar-refractivity contribution is -0.131. The molecule has 0 atom stereocenters. The van der Waals surface area contributed by atoms with Gasteiger partial charge in [-0.3, -0.25) is 9.59 Å². The molecular weight excluding hydrogens is 412 g/mol. The first-order valence-electron chi connectivity index (χ1n) is 9.80. The SMILES string of the molecule is COc1ccccc1OCc1ccc(C(=O)OCC(=O)c2ccc(OC(C)=O)cc2)cc1. The largest absolute Gasteiger partial charge is 0.493 e. The maximum Gasteiger partial charge on any atom is 0.338 e. The summed E-state index contributed by atoms with van der Waals surface area (Å²) >= 11 is 0. The van der Waals surface area contributed by atoms with Crippen LogP contribution >= 0.6 is 0 Å². The van der Waals surface area contributed by atoms with Gasteiger partial charge in [0.15, 0.2) is 23.9 Å². The number of hydrogen-bond donors (Lipinski definition) is 0. The van der Waals surface area contributed by atoms with Crippen LogP contribution in [0.4, 0.5) is 0 Å². The number of hydrogen-bond acceptors (Lipinski definition) is 7. The fourth-order valence-electron chi connectivity index (χ4n) is 2.81. The molecule has 0 spiro atoms. The minimum absolute atomic E-state index is 0.303. The van der Waals surface area contributed by atoms with Gasteiger partial charge >= 0.3 is 11.9 Å². The molecular formula is C25H22O7. The lowest BCUT2D eigenvalue weighted by Gasteiger charge is -2.10. The Kier molecular flexibility index (Phi) is 7.59. The van der Waals surface area contributed by atoms with Gasteiger partial charge in [0.2, 0.25) is 0 Å². The van der Waals surface area contributed by atoms with Gasteiger partial charge in [-0.25, -0.2) is 4.79 Å². The van der Waals surface area contributed by atoms with Gasteiger partial charge in [0, 0.05) is 12.5 Å². The number of carbonyl (C=O) groups is 3. The van der Waals surface area contributed by atoms with E-state index in [0.717, 1.165) is 5.56 Å². The summed E-state index contributed by atoms with van der Waals surface area (Å²) in [5.41, 5.74) is 1.53. The van der Waals surface area contributed by atoms with Crippen molar-refractivity contribution in [1.82, 2.24) is 0 Å². The molecule has 0 N–H and O–H groups in total. The predicted molar refractivity (Wildman–Crippen MR) is 116 cm³/mol. The second-order valence-corrected chi connectivity index (χ2v) is 6.75. The monoisotopic (exact) mass is 434 g/mol. The number of ether oxygens (including phenoxy) is 4. The van der Waals surface area contributed by atoms with E-state index >= 15 is 0 Å². The smallest absolute Gasteiger partial charge is 0.338 e. The van der Waals surface area contributed by atoms with Crippen molar-refractivity contribution in [2.24, 2.45) is 0 Å². The summed E-state index contributed by atoms with van der Waals surface area (Å²) in [7, 11) is 1.57. The zero-order valence-electron chi connectivity index (χ0n) is 17.7. The molecule has 3 aromatic carbocycles. The molecule has 0 aromatic heterocycles. The normalized spacial score (nSPS) is 10.2. The third-order valence-electron chi connectivity index (χ3n) is 4.43. The van der Waals surface area contributed by atoms with Crippen molar-refractivity contribution in [3.63, 3.8) is 0 Å². The standard InChI is InChI=1S/C25H22O7/c1-17(26)32-21-13-11-19(12-14-21)22(27)16-31-25(28)20-9-7-18(8-10-20)15-30-24-6-4-3-5-23(24)29-2/h3-14H,15-16H2,1-2H3. The van der Waals surface area contributed by atoms with Crippen LogP contribution < -0.4 is 14.2 Å². The van der Waals surface area contributed by atoms with E-state index in [2.05, 4.69) is 0 Å². The molecule has 0 radical (unpaired) electrons. The van der Waals surface area contributed by atoms with Gasteiger partial charge in [0.05, 0.1) is 12.7 Å². The maximum atomic E-state index is 12.3. The molecule has 32 heavy (non-hydrogen) atoms. The summed E-state index contributed by atoms with van der Waals surface area (Å²) in [6.45, 7) is 1.19. The third kappa shape index (κ3) is 6.18. The van der Waals surface area contributed by atoms with Crippen LogP contribution in [0.25, 0.3) is 0 Å². The van der Waals surface area contributed by atoms with E-state index < -0.39 is 18.5 Å². The van der Waals surface area contributed by atoms with Crippen molar-refractivity contribution >= 4 is 17.7 Å². The number of Topliss-reactive ketones (excluding diaryl/α,β-unsaturated/α-hetero) is 1. The van der Waals surface area contributed by atoms with Crippen LogP contribution in [0.2, 0.25) is 0 Å². The maximum absolute atomic E-state index is 12.3. The summed E-state index contributed by atoms with van der Waals surface area (Å²) in [6, 6.07) is 20.1. The van der Waals surface area contributed by atoms with Gasteiger partial charge in [0.25, 0.3) is 0 Å². The summed E-state index contributed by atoms with van der Waals surface area (Å²) in [4.78, 5) is 35.4. The van der Waals surface area contributed by atoms with Crippen LogP contribution in [-0.2, 0) is 16.1 Å². The first kappa shape index (κ1) is 22.6. The Morgan fingerprint density at radius 2 is 1.41 bits per heavy atom. The van der Waals surface area contributed by atoms with Gasteiger partial charge in [-0.15, -0.1) is 0 Å². The van der Waals surface area contributed by atoms with Crippen LogP contribution in [0.15, 0.2) is 72.8 Å². The molecule has 0 unspecified atom stereocenters. The first-order chi connectivity index (χ1) is 15.5. The van der Waals surface area contributed by atoms with E-state index in [4.69, 9.17) is 18.9 Å². The number of rotatable bonds is 9. The van der Waals surface area contributed by atoms with E-state index in [9.17, 15) is 14.4 Å². The van der Waals surface area contributed by atoms with Crippen LogP contribution in [0.5, 0.6) is 17.2 Å². The Labute approximate surface area is 185 Å². The van der Waals surface area contributed by atoms with Crippen LogP contribution in [0.1, 0.15) is 33.2 Å². The topological polar surface area (TPSA) is 88.1 Å². The molecule has 0 aliphatic heterocycles. The van der Waals surface area contributed by atoms with E-state index in [1.54, 1.807) is 31.4 Å². The Bertz CT molecular complexity index is 1090. The number of methoxy groups -OCH3 is 1. The van der Waals surface area contributed by atoms with E-state index in [-0.39, 0.29) is 5.78 Å². The quantitative estimate of drug-likeness (QED) is 0.283. The van der Waals surface area contributed by atoms with Crippen molar-refractivity contribution in [3.05, 3.63) is 89.5 Å². The molecule has 0 aliphatic rings. The summed E-state index contributed by atoms with van der Waals surface area (Å²) in [6.07, 6.45) is 0. The lowest BCUT2D eigenvalue weighted by Crippen LogP contribution is -2.14. The van der Waals surface area contributed by atoms with Crippen molar-refractivity contribution < 1.29 is 33.3 Å². The molecule has 0 heterocycles. The lowest BCUT2D eigenvalue weighted by atomic mass is 10.1. The minimum Gasteiger partial charge on any atom is -0.493 e. The molecule has 0 saturated carbocycles.